The molecule has 2 aliphatic rings. The summed E-state index contributed by atoms with van der Waals surface area (Å²) in [6, 6.07) is 0. The van der Waals surface area contributed by atoms with Gasteiger partial charge in [0.1, 0.15) is 23.9 Å². The Kier molecular flexibility index (Phi) is 14.1. The van der Waals surface area contributed by atoms with Gasteiger partial charge >= 0.3 is 19.8 Å². The van der Waals surface area contributed by atoms with E-state index in [-0.39, 0.29) is 49.2 Å². The molecule has 0 aromatic rings. The van der Waals surface area contributed by atoms with Crippen molar-refractivity contribution in [3.8, 4) is 0 Å². The van der Waals surface area contributed by atoms with Crippen molar-refractivity contribution in [2.45, 2.75) is 95.7 Å². The molecule has 7 unspecified atom stereocenters. The van der Waals surface area contributed by atoms with Gasteiger partial charge in [0, 0.05) is 24.8 Å². The highest BCUT2D eigenvalue weighted by Gasteiger charge is 2.40. The molecule has 6 N–H and O–H groups in total. The number of aliphatic hydroxyl groups excluding tert-OH is 1. The lowest BCUT2D eigenvalue weighted by Crippen LogP contribution is -2.45. The molecule has 0 radical (unpaired) electrons. The van der Waals surface area contributed by atoms with Crippen LogP contribution in [-0.2, 0) is 28.2 Å². The van der Waals surface area contributed by atoms with Crippen LogP contribution in [0.4, 0.5) is 0 Å². The number of allylic oxidation sites excluding steroid dienone is 3. The number of carbonyl (C=O) groups is 2. The minimum absolute atomic E-state index is 0.0500. The number of hydrogen-bond acceptors (Lipinski definition) is 9. The number of nitrogens with two attached hydrogens (primary N) is 1. The van der Waals surface area contributed by atoms with Crippen molar-refractivity contribution in [2.24, 2.45) is 23.5 Å². The molecule has 0 aromatic carbocycles. The van der Waals surface area contributed by atoms with Gasteiger partial charge in [-0.15, -0.1) is 0 Å². The molecule has 0 aromatic heterocycles. The number of cyclic esters (lactones) is 1. The maximum absolute atomic E-state index is 12.0. The Morgan fingerprint density at radius 2 is 2.00 bits per heavy atom. The number of phosphoric acid groups is 1. The van der Waals surface area contributed by atoms with Gasteiger partial charge in [0.2, 0.25) is 0 Å². The van der Waals surface area contributed by atoms with E-state index in [4.69, 9.17) is 19.7 Å². The summed E-state index contributed by atoms with van der Waals surface area (Å²) in [5.41, 5.74) is 3.70. The zero-order chi connectivity index (χ0) is 30.6. The van der Waals surface area contributed by atoms with Crippen LogP contribution < -0.4 is 5.73 Å². The van der Waals surface area contributed by atoms with Gasteiger partial charge in [-0.05, 0) is 56.6 Å². The predicted molar refractivity (Wildman–Crippen MR) is 153 cm³/mol. The smallest absolute Gasteiger partial charge is 0.462 e. The molecule has 0 saturated heterocycles. The highest BCUT2D eigenvalue weighted by Crippen LogP contribution is 2.42. The van der Waals surface area contributed by atoms with Gasteiger partial charge in [-0.25, -0.2) is 9.36 Å². The molecule has 1 fully saturated rings. The fourth-order valence-corrected chi connectivity index (χ4v) is 5.53. The second-order valence-electron chi connectivity index (χ2n) is 11.3. The fraction of sp³-hybridized carbons (Fsp3) is 0.655. The molecule has 0 amide bonds. The quantitative estimate of drug-likeness (QED) is 0.0805. The topological polar surface area (TPSA) is 186 Å². The van der Waals surface area contributed by atoms with Crippen molar-refractivity contribution in [2.75, 3.05) is 6.54 Å². The summed E-state index contributed by atoms with van der Waals surface area (Å²) in [5, 5.41) is 22.0. The lowest BCUT2D eigenvalue weighted by Gasteiger charge is -2.35. The maximum Gasteiger partial charge on any atom is 0.469 e. The Bertz CT molecular complexity index is 1020. The van der Waals surface area contributed by atoms with E-state index in [1.807, 2.05) is 19.9 Å². The van der Waals surface area contributed by atoms with Crippen LogP contribution in [0.5, 0.6) is 0 Å². The average molecular weight is 600 g/mol. The van der Waals surface area contributed by atoms with Crippen LogP contribution >= 0.6 is 7.82 Å². The molecule has 1 aliphatic heterocycles. The van der Waals surface area contributed by atoms with E-state index < -0.39 is 37.7 Å². The van der Waals surface area contributed by atoms with Gasteiger partial charge in [0.15, 0.2) is 0 Å². The number of carbonyl (C=O) groups excluding carboxylic acids is 2. The number of phosphoric ester groups is 1. The van der Waals surface area contributed by atoms with Crippen LogP contribution in [0, 0.1) is 17.8 Å². The van der Waals surface area contributed by atoms with Crippen molar-refractivity contribution in [3.63, 3.8) is 0 Å². The molecular formula is C29H46NO10P. The Labute approximate surface area is 242 Å². The molecule has 1 heterocycles. The summed E-state index contributed by atoms with van der Waals surface area (Å²) in [4.78, 5) is 42.7. The summed E-state index contributed by atoms with van der Waals surface area (Å²) < 4.78 is 27.5. The second kappa shape index (κ2) is 16.5. The van der Waals surface area contributed by atoms with Crippen molar-refractivity contribution in [1.82, 2.24) is 0 Å². The largest absolute Gasteiger partial charge is 0.469 e. The summed E-state index contributed by atoms with van der Waals surface area (Å²) in [7, 11) is -5.07. The Morgan fingerprint density at radius 1 is 1.27 bits per heavy atom. The van der Waals surface area contributed by atoms with Crippen LogP contribution in [0.3, 0.4) is 0 Å². The van der Waals surface area contributed by atoms with Crippen LogP contribution in [0.1, 0.15) is 65.7 Å². The van der Waals surface area contributed by atoms with E-state index in [9.17, 15) is 34.2 Å². The molecule has 11 nitrogen and oxygen atoms in total. The Balaban J connectivity index is 2.06. The van der Waals surface area contributed by atoms with Gasteiger partial charge in [-0.3, -0.25) is 9.32 Å². The van der Waals surface area contributed by atoms with Gasteiger partial charge in [-0.2, -0.15) is 0 Å². The lowest BCUT2D eigenvalue weighted by molar-refractivity contribution is -0.152. The van der Waals surface area contributed by atoms with E-state index in [0.29, 0.717) is 6.42 Å². The number of esters is 2. The van der Waals surface area contributed by atoms with Crippen molar-refractivity contribution in [1.29, 1.82) is 0 Å². The first-order valence-corrected chi connectivity index (χ1v) is 15.7. The van der Waals surface area contributed by atoms with E-state index in [0.717, 1.165) is 25.7 Å². The normalized spacial score (nSPS) is 26.9. The zero-order valence-electron chi connectivity index (χ0n) is 24.1. The molecule has 0 spiro atoms. The molecular weight excluding hydrogens is 553 g/mol. The summed E-state index contributed by atoms with van der Waals surface area (Å²) in [6.07, 6.45) is 12.2. The Morgan fingerprint density at radius 3 is 2.66 bits per heavy atom. The average Bonchev–Trinajstić information content (AvgIpc) is 2.86. The van der Waals surface area contributed by atoms with Crippen molar-refractivity contribution in [3.05, 3.63) is 48.6 Å². The van der Waals surface area contributed by atoms with Crippen LogP contribution in [0.15, 0.2) is 48.6 Å². The van der Waals surface area contributed by atoms with E-state index in [1.165, 1.54) is 24.3 Å². The molecule has 12 heteroatoms. The van der Waals surface area contributed by atoms with E-state index in [1.54, 1.807) is 25.2 Å². The number of hydrogen-bond donors (Lipinski definition) is 5. The number of aliphatic hydroxyl groups is 2. The summed E-state index contributed by atoms with van der Waals surface area (Å²) in [6.45, 7) is 5.70. The predicted octanol–water partition coefficient (Wildman–Crippen LogP) is 3.23. The number of ether oxygens (including phenoxy) is 2. The van der Waals surface area contributed by atoms with Crippen molar-refractivity contribution < 1.29 is 48.2 Å². The van der Waals surface area contributed by atoms with E-state index in [2.05, 4.69) is 0 Å². The third kappa shape index (κ3) is 13.2. The highest BCUT2D eigenvalue weighted by molar-refractivity contribution is 7.46. The molecule has 1 aliphatic carbocycles. The molecule has 2 rings (SSSR count). The maximum atomic E-state index is 12.0. The first-order chi connectivity index (χ1) is 19.2. The summed E-state index contributed by atoms with van der Waals surface area (Å²) >= 11 is 0. The molecule has 232 valence electrons. The molecule has 0 bridgehead atoms. The van der Waals surface area contributed by atoms with Gasteiger partial charge in [0.25, 0.3) is 0 Å². The lowest BCUT2D eigenvalue weighted by atomic mass is 9.86. The van der Waals surface area contributed by atoms with E-state index >= 15 is 0 Å². The minimum Gasteiger partial charge on any atom is -0.462 e. The standard InChI is InChI=1S/C29H46NO10P/c1-20(2)17-28(33)38-24-10-6-8-22(18-24)7-4-5-9-23(31)19-26(40-41(35,36)37)29(34,15-16-30)14-13-25-21(3)11-12-27(32)39-25/h4-5,7,9,11-14,20-26,31,34H,6,8,10,15-19,30H2,1-3H3,(H2,35,36,37). The SMILES string of the molecule is CC(C)CC(=O)OC1CCCC(C=CC=CC(O)CC(OP(=O)(O)O)C(O)(C=CC2OC(=O)C=CC2C)CCN)C1. The van der Waals surface area contributed by atoms with Crippen LogP contribution in [0.25, 0.3) is 0 Å². The van der Waals surface area contributed by atoms with Gasteiger partial charge in [0.05, 0.1) is 6.10 Å². The Hall–Kier alpha value is -2.11. The van der Waals surface area contributed by atoms with Crippen LogP contribution in [0.2, 0.25) is 0 Å². The fourth-order valence-electron chi connectivity index (χ4n) is 4.93. The minimum atomic E-state index is -5.07. The van der Waals surface area contributed by atoms with Gasteiger partial charge < -0.3 is 35.2 Å². The van der Waals surface area contributed by atoms with Gasteiger partial charge in [-0.1, -0.05) is 57.2 Å². The van der Waals surface area contributed by atoms with Crippen LogP contribution in [-0.4, -0.2) is 68.5 Å². The highest BCUT2D eigenvalue weighted by atomic mass is 31.2. The molecule has 7 atom stereocenters. The zero-order valence-corrected chi connectivity index (χ0v) is 25.0. The second-order valence-corrected chi connectivity index (χ2v) is 12.5. The first kappa shape index (κ1) is 35.1. The summed E-state index contributed by atoms with van der Waals surface area (Å²) in [5.74, 6) is -0.476. The third-order valence-electron chi connectivity index (χ3n) is 7.07. The molecule has 41 heavy (non-hydrogen) atoms. The first-order valence-electron chi connectivity index (χ1n) is 14.2. The molecule has 1 saturated carbocycles. The monoisotopic (exact) mass is 599 g/mol. The number of rotatable bonds is 15. The van der Waals surface area contributed by atoms with Crippen molar-refractivity contribution >= 4 is 19.8 Å². The third-order valence-corrected chi connectivity index (χ3v) is 7.60.